The number of carbonyl (C=O) groups is 6. The minimum absolute atomic E-state index is 0.0179. The van der Waals surface area contributed by atoms with Crippen LogP contribution in [0.3, 0.4) is 0 Å². The summed E-state index contributed by atoms with van der Waals surface area (Å²) >= 11 is 0. The van der Waals surface area contributed by atoms with Crippen LogP contribution in [0, 0.1) is 22.7 Å². The Bertz CT molecular complexity index is 2420. The first-order chi connectivity index (χ1) is 32.3. The van der Waals surface area contributed by atoms with Gasteiger partial charge in [-0.2, -0.15) is 0 Å². The lowest BCUT2D eigenvalue weighted by Gasteiger charge is -2.67. The van der Waals surface area contributed by atoms with Crippen LogP contribution >= 0.6 is 0 Å². The molecule has 3 fully saturated rings. The largest absolute Gasteiger partial charge is 0.506 e. The first-order valence-electron chi connectivity index (χ1n) is 22.8. The van der Waals surface area contributed by atoms with E-state index in [0.29, 0.717) is 5.56 Å². The van der Waals surface area contributed by atoms with E-state index < -0.39 is 118 Å². The van der Waals surface area contributed by atoms with Crippen molar-refractivity contribution in [3.8, 4) is 0 Å². The van der Waals surface area contributed by atoms with Crippen molar-refractivity contribution < 1.29 is 77.6 Å². The molecule has 0 spiro atoms. The molecule has 1 heterocycles. The molecule has 3 aromatic rings. The molecule has 2 saturated carbocycles. The number of hydrogen-bond donors (Lipinski definition) is 5. The first-order valence-corrected chi connectivity index (χ1v) is 22.8. The molecule has 6 unspecified atom stereocenters. The van der Waals surface area contributed by atoms with Crippen molar-refractivity contribution in [1.82, 2.24) is 5.32 Å². The molecule has 1 saturated heterocycles. The predicted molar refractivity (Wildman–Crippen MR) is 246 cm³/mol. The van der Waals surface area contributed by atoms with Crippen molar-refractivity contribution >= 4 is 35.9 Å². The van der Waals surface area contributed by atoms with Crippen molar-refractivity contribution in [2.24, 2.45) is 22.7 Å². The number of carbonyl (C=O) groups excluding carboxylic acids is 5. The number of esters is 3. The Balaban J connectivity index is 0.000000626. The lowest BCUT2D eigenvalue weighted by atomic mass is 9.44. The van der Waals surface area contributed by atoms with Crippen LogP contribution in [0.25, 0.3) is 0 Å². The Morgan fingerprint density at radius 1 is 0.884 bits per heavy atom. The van der Waals surface area contributed by atoms with Gasteiger partial charge in [0.2, 0.25) is 0 Å². The third-order valence-corrected chi connectivity index (χ3v) is 14.1. The van der Waals surface area contributed by atoms with Crippen molar-refractivity contribution in [2.75, 3.05) is 6.61 Å². The number of carboxylic acid groups (broad SMARTS) is 1. The van der Waals surface area contributed by atoms with E-state index >= 15 is 0 Å². The van der Waals surface area contributed by atoms with E-state index in [9.17, 15) is 44.1 Å². The minimum Gasteiger partial charge on any atom is -0.457 e. The number of fused-ring (bicyclic) bond motifs is 5. The van der Waals surface area contributed by atoms with Crippen LogP contribution in [0.4, 0.5) is 9.59 Å². The van der Waals surface area contributed by atoms with Gasteiger partial charge in [0, 0.05) is 25.2 Å². The molecule has 17 heteroatoms. The van der Waals surface area contributed by atoms with Crippen molar-refractivity contribution in [2.45, 2.75) is 135 Å². The van der Waals surface area contributed by atoms with Crippen LogP contribution in [-0.4, -0.2) is 110 Å². The standard InChI is InChI=1S/C44H55NO13.C8H8O3/c1-23-28(55-37(50)24(2)32(26-16-12-10-13-17-26)45-39(52)58-40(4,5)6)21-44(53)36(56-38(51)27-18-14-11-15-19-27)34-42(9,35(49)33(48)31(23)41(44,7)8)29(47)20-30-43(34,22-54-30)57-25(3)46;9-8(10)11-6-7-4-2-1-3-5-7/h10-19,24,28-30,32-34,36,47-48,53H,20-22H2,1-9H3,(H,45,52);1-5H,6H2,(H,9,10)/t24-,28+,29?,30?,32-,33?,34?,36+,42?,43+,44?;/m1./s1. The molecular weight excluding hydrogens is 895 g/mol. The number of Topliss-reactive ketones (excluding diaryl/α,β-unsaturated/α-hetero) is 1. The van der Waals surface area contributed by atoms with Gasteiger partial charge in [-0.05, 0) is 75.9 Å². The monoisotopic (exact) mass is 957 g/mol. The zero-order valence-electron chi connectivity index (χ0n) is 40.3. The summed E-state index contributed by atoms with van der Waals surface area (Å²) in [5.74, 6) is -5.80. The maximum atomic E-state index is 15.0. The highest BCUT2D eigenvalue weighted by Crippen LogP contribution is 2.64. The zero-order chi connectivity index (χ0) is 50.9. The van der Waals surface area contributed by atoms with Gasteiger partial charge in [0.1, 0.15) is 42.2 Å². The number of rotatable bonds is 10. The fraction of sp³-hybridized carbons (Fsp3) is 0.500. The number of alkyl carbamates (subject to hydrolysis) is 1. The average molecular weight is 958 g/mol. The van der Waals surface area contributed by atoms with Gasteiger partial charge in [-0.1, -0.05) is 92.7 Å². The highest BCUT2D eigenvalue weighted by Gasteiger charge is 2.78. The molecule has 17 nitrogen and oxygen atoms in total. The molecule has 11 atom stereocenters. The number of benzene rings is 3. The summed E-state index contributed by atoms with van der Waals surface area (Å²) in [7, 11) is 0. The number of aliphatic hydroxyl groups is 3. The smallest absolute Gasteiger partial charge is 0.457 e. The fourth-order valence-electron chi connectivity index (χ4n) is 10.5. The van der Waals surface area contributed by atoms with Crippen LogP contribution in [0.5, 0.6) is 0 Å². The quantitative estimate of drug-likeness (QED) is 0.0836. The van der Waals surface area contributed by atoms with Crippen molar-refractivity contribution in [3.05, 3.63) is 119 Å². The van der Waals surface area contributed by atoms with E-state index in [2.05, 4.69) is 10.1 Å². The molecule has 1 aliphatic heterocycles. The van der Waals surface area contributed by atoms with Crippen LogP contribution < -0.4 is 5.32 Å². The highest BCUT2D eigenvalue weighted by molar-refractivity contribution is 5.94. The third kappa shape index (κ3) is 10.3. The second-order valence-electron chi connectivity index (χ2n) is 20.0. The summed E-state index contributed by atoms with van der Waals surface area (Å²) in [4.78, 5) is 79.3. The van der Waals surface area contributed by atoms with Crippen LogP contribution in [-0.2, 0) is 49.4 Å². The molecular formula is C52H63NO16. The minimum atomic E-state index is -2.27. The van der Waals surface area contributed by atoms with Crippen LogP contribution in [0.2, 0.25) is 0 Å². The molecule has 372 valence electrons. The number of amides is 1. The third-order valence-electron chi connectivity index (χ3n) is 14.1. The SMILES string of the molecule is CC(=O)O[C@@]12COC1CC(O)C1(C)C(=O)C(O)C3=C(C)[C@@H](OC(=O)[C@H](C)[C@@H](NC(=O)OC(C)(C)C)c4ccccc4)CC(O)([C@@H](OC(=O)c4ccccc4)C12)C3(C)C.O=C(O)OCc1ccccc1. The molecule has 69 heavy (non-hydrogen) atoms. The van der Waals surface area contributed by atoms with Crippen LogP contribution in [0.15, 0.2) is 102 Å². The molecule has 1 amide bonds. The molecule has 0 radical (unpaired) electrons. The molecule has 3 aliphatic carbocycles. The summed E-state index contributed by atoms with van der Waals surface area (Å²) in [5.41, 5.74) is -6.50. The normalized spacial score (nSPS) is 29.8. The van der Waals surface area contributed by atoms with Gasteiger partial charge in [0.25, 0.3) is 0 Å². The van der Waals surface area contributed by atoms with Gasteiger partial charge >= 0.3 is 30.2 Å². The maximum absolute atomic E-state index is 15.0. The number of hydrogen-bond acceptors (Lipinski definition) is 15. The van der Waals surface area contributed by atoms with Gasteiger partial charge in [-0.25, -0.2) is 14.4 Å². The summed E-state index contributed by atoms with van der Waals surface area (Å²) in [5, 5.41) is 48.5. The van der Waals surface area contributed by atoms with E-state index in [-0.39, 0.29) is 36.3 Å². The van der Waals surface area contributed by atoms with Gasteiger partial charge in [-0.3, -0.25) is 14.4 Å². The first kappa shape index (κ1) is 52.2. The number of ketones is 1. The van der Waals surface area contributed by atoms with E-state index in [1.54, 1.807) is 97.0 Å². The Morgan fingerprint density at radius 3 is 2.00 bits per heavy atom. The van der Waals surface area contributed by atoms with Crippen molar-refractivity contribution in [1.29, 1.82) is 0 Å². The Morgan fingerprint density at radius 2 is 1.46 bits per heavy atom. The molecule has 3 aromatic carbocycles. The van der Waals surface area contributed by atoms with E-state index in [4.69, 9.17) is 28.8 Å². The second kappa shape index (κ2) is 20.1. The fourth-order valence-corrected chi connectivity index (χ4v) is 10.5. The lowest BCUT2D eigenvalue weighted by Crippen LogP contribution is -2.81. The topological polar surface area (TPSA) is 251 Å². The zero-order valence-corrected chi connectivity index (χ0v) is 40.3. The summed E-state index contributed by atoms with van der Waals surface area (Å²) in [6.07, 6.45) is -10.0. The van der Waals surface area contributed by atoms with Gasteiger partial charge < -0.3 is 54.2 Å². The predicted octanol–water partition coefficient (Wildman–Crippen LogP) is 6.42. The van der Waals surface area contributed by atoms with Gasteiger partial charge in [-0.15, -0.1) is 0 Å². The number of ether oxygens (including phenoxy) is 6. The summed E-state index contributed by atoms with van der Waals surface area (Å²) < 4.78 is 34.3. The van der Waals surface area contributed by atoms with E-state index in [1.807, 2.05) is 30.3 Å². The maximum Gasteiger partial charge on any atom is 0.506 e. The number of aliphatic hydroxyl groups excluding tert-OH is 2. The van der Waals surface area contributed by atoms with Crippen LogP contribution in [0.1, 0.15) is 103 Å². The molecule has 5 N–H and O–H groups in total. The van der Waals surface area contributed by atoms with Crippen molar-refractivity contribution in [3.63, 3.8) is 0 Å². The summed E-state index contributed by atoms with van der Waals surface area (Å²) in [6.45, 7) is 13.9. The molecule has 7 rings (SSSR count). The van der Waals surface area contributed by atoms with E-state index in [0.717, 1.165) is 5.56 Å². The molecule has 4 aliphatic rings. The average Bonchev–Trinajstić information content (AvgIpc) is 3.29. The second-order valence-corrected chi connectivity index (χ2v) is 20.0. The van der Waals surface area contributed by atoms with Gasteiger partial charge in [0.15, 0.2) is 11.4 Å². The lowest BCUT2D eigenvalue weighted by molar-refractivity contribution is -0.346. The molecule has 2 bridgehead atoms. The Hall–Kier alpha value is -6.14. The molecule has 0 aromatic heterocycles. The Labute approximate surface area is 401 Å². The number of nitrogens with one attached hydrogen (secondary N) is 1. The van der Waals surface area contributed by atoms with Gasteiger partial charge in [0.05, 0.1) is 41.6 Å². The Kier molecular flexibility index (Phi) is 15.2. The highest BCUT2D eigenvalue weighted by atomic mass is 16.7. The van der Waals surface area contributed by atoms with E-state index in [1.165, 1.54) is 26.0 Å². The summed E-state index contributed by atoms with van der Waals surface area (Å²) in [6, 6.07) is 25.0.